The molecule has 0 spiro atoms. The van der Waals surface area contributed by atoms with E-state index in [9.17, 15) is 4.79 Å². The van der Waals surface area contributed by atoms with Gasteiger partial charge in [0.25, 0.3) is 5.91 Å². The molecule has 2 aromatic carbocycles. The van der Waals surface area contributed by atoms with E-state index >= 15 is 0 Å². The quantitative estimate of drug-likeness (QED) is 0.484. The molecule has 1 amide bonds. The van der Waals surface area contributed by atoms with Crippen molar-refractivity contribution in [3.05, 3.63) is 53.6 Å². The Morgan fingerprint density at radius 3 is 2.11 bits per heavy atom. The summed E-state index contributed by atoms with van der Waals surface area (Å²) < 4.78 is 16.7. The van der Waals surface area contributed by atoms with E-state index in [2.05, 4.69) is 5.32 Å². The van der Waals surface area contributed by atoms with Crippen molar-refractivity contribution in [2.24, 2.45) is 64.4 Å². The SMILES string of the molecule is COc1ccc(C(N)c2ccc(OCC(=O)NCC34C5C6CCC6C5C3C3C5CCC5C34)cc2)c(OC)c1. The first-order chi connectivity index (χ1) is 18.6. The molecule has 6 heteroatoms. The molecule has 2 aromatic rings. The number of fused-ring (bicyclic) bond motifs is 13. The zero-order chi connectivity index (χ0) is 25.8. The van der Waals surface area contributed by atoms with Crippen LogP contribution in [0, 0.1) is 58.7 Å². The summed E-state index contributed by atoms with van der Waals surface area (Å²) in [4.78, 5) is 12.9. The molecule has 0 heterocycles. The third kappa shape index (κ3) is 2.80. The number of carbonyl (C=O) groups excluding carboxylic acids is 1. The van der Waals surface area contributed by atoms with Gasteiger partial charge in [0, 0.05) is 18.2 Å². The van der Waals surface area contributed by atoms with Gasteiger partial charge in [-0.3, -0.25) is 4.79 Å². The van der Waals surface area contributed by atoms with Crippen molar-refractivity contribution in [3.8, 4) is 17.2 Å². The number of methoxy groups -OCH3 is 2. The van der Waals surface area contributed by atoms with Gasteiger partial charge in [-0.15, -0.1) is 0 Å². The fourth-order valence-corrected chi connectivity index (χ4v) is 10.5. The summed E-state index contributed by atoms with van der Waals surface area (Å²) in [6.07, 6.45) is 5.82. The molecule has 6 aliphatic carbocycles. The molecule has 8 rings (SSSR count). The molecule has 9 atom stereocenters. The second-order valence-electron chi connectivity index (χ2n) is 12.9. The lowest BCUT2D eigenvalue weighted by atomic mass is 9.11. The molecule has 0 aliphatic heterocycles. The number of ether oxygens (including phenoxy) is 3. The second-order valence-corrected chi connectivity index (χ2v) is 12.9. The van der Waals surface area contributed by atoms with E-state index in [1.165, 1.54) is 25.7 Å². The summed E-state index contributed by atoms with van der Waals surface area (Å²) in [5.74, 6) is 10.9. The first-order valence-corrected chi connectivity index (χ1v) is 14.5. The van der Waals surface area contributed by atoms with Crippen molar-refractivity contribution in [1.29, 1.82) is 0 Å². The summed E-state index contributed by atoms with van der Waals surface area (Å²) in [7, 11) is 3.26. The van der Waals surface area contributed by atoms with Gasteiger partial charge in [-0.25, -0.2) is 0 Å². The van der Waals surface area contributed by atoms with E-state index < -0.39 is 0 Å². The van der Waals surface area contributed by atoms with Crippen LogP contribution in [0.1, 0.15) is 42.9 Å². The fourth-order valence-electron chi connectivity index (χ4n) is 10.5. The van der Waals surface area contributed by atoms with Gasteiger partial charge >= 0.3 is 0 Å². The Hall–Kier alpha value is -2.73. The van der Waals surface area contributed by atoms with Crippen LogP contribution in [0.15, 0.2) is 42.5 Å². The topological polar surface area (TPSA) is 82.8 Å². The van der Waals surface area contributed by atoms with Crippen molar-refractivity contribution in [3.63, 3.8) is 0 Å². The molecule has 0 saturated heterocycles. The van der Waals surface area contributed by atoms with Gasteiger partial charge in [-0.05, 0) is 114 Å². The van der Waals surface area contributed by atoms with Crippen LogP contribution in [0.25, 0.3) is 0 Å². The van der Waals surface area contributed by atoms with Crippen LogP contribution >= 0.6 is 0 Å². The highest BCUT2D eigenvalue weighted by atomic mass is 16.5. The molecule has 9 unspecified atom stereocenters. The monoisotopic (exact) mass is 514 g/mol. The van der Waals surface area contributed by atoms with E-state index in [0.29, 0.717) is 16.9 Å². The van der Waals surface area contributed by atoms with Crippen LogP contribution in [-0.2, 0) is 4.79 Å². The Bertz CT molecular complexity index is 1240. The number of amides is 1. The molecular formula is C32H38N2O4. The Kier molecular flexibility index (Phi) is 4.97. The molecule has 6 saturated carbocycles. The van der Waals surface area contributed by atoms with Crippen LogP contribution in [0.2, 0.25) is 0 Å². The number of hydrogen-bond acceptors (Lipinski definition) is 5. The minimum Gasteiger partial charge on any atom is -0.497 e. The van der Waals surface area contributed by atoms with Crippen molar-refractivity contribution in [1.82, 2.24) is 5.32 Å². The Balaban J connectivity index is 0.880. The van der Waals surface area contributed by atoms with Crippen molar-refractivity contribution in [2.45, 2.75) is 31.7 Å². The summed E-state index contributed by atoms with van der Waals surface area (Å²) in [5, 5.41) is 3.33. The highest BCUT2D eigenvalue weighted by Crippen LogP contribution is 2.92. The molecule has 0 aromatic heterocycles. The van der Waals surface area contributed by atoms with E-state index in [-0.39, 0.29) is 18.6 Å². The molecular weight excluding hydrogens is 476 g/mol. The number of nitrogens with one attached hydrogen (secondary N) is 1. The van der Waals surface area contributed by atoms with Crippen LogP contribution in [0.3, 0.4) is 0 Å². The largest absolute Gasteiger partial charge is 0.497 e. The molecule has 200 valence electrons. The molecule has 3 N–H and O–H groups in total. The highest BCUT2D eigenvalue weighted by Gasteiger charge is 2.89. The van der Waals surface area contributed by atoms with E-state index in [1.54, 1.807) is 14.2 Å². The number of nitrogens with two attached hydrogens (primary N) is 1. The Labute approximate surface area is 224 Å². The first-order valence-electron chi connectivity index (χ1n) is 14.5. The summed E-state index contributed by atoms with van der Waals surface area (Å²) in [6.45, 7) is 0.935. The maximum absolute atomic E-state index is 12.9. The average Bonchev–Trinajstić information content (AvgIpc) is 2.92. The van der Waals surface area contributed by atoms with E-state index in [4.69, 9.17) is 19.9 Å². The summed E-state index contributed by atoms with van der Waals surface area (Å²) >= 11 is 0. The molecule has 38 heavy (non-hydrogen) atoms. The fraction of sp³-hybridized carbons (Fsp3) is 0.594. The number of benzene rings is 2. The predicted octanol–water partition coefficient (Wildman–Crippen LogP) is 4.42. The third-order valence-electron chi connectivity index (χ3n) is 12.2. The summed E-state index contributed by atoms with van der Waals surface area (Å²) in [5.41, 5.74) is 8.81. The van der Waals surface area contributed by atoms with Crippen molar-refractivity contribution in [2.75, 3.05) is 27.4 Å². The zero-order valence-corrected chi connectivity index (χ0v) is 22.3. The van der Waals surface area contributed by atoms with Crippen molar-refractivity contribution >= 4 is 5.91 Å². The van der Waals surface area contributed by atoms with Crippen LogP contribution in [0.5, 0.6) is 17.2 Å². The maximum atomic E-state index is 12.9. The predicted molar refractivity (Wildman–Crippen MR) is 143 cm³/mol. The van der Waals surface area contributed by atoms with Gasteiger partial charge in [0.05, 0.1) is 20.3 Å². The molecule has 6 fully saturated rings. The Morgan fingerprint density at radius 2 is 1.53 bits per heavy atom. The lowest BCUT2D eigenvalue weighted by Crippen LogP contribution is -2.91. The van der Waals surface area contributed by atoms with Crippen LogP contribution in [-0.4, -0.2) is 33.3 Å². The smallest absolute Gasteiger partial charge is 0.257 e. The van der Waals surface area contributed by atoms with Gasteiger partial charge in [0.2, 0.25) is 0 Å². The highest BCUT2D eigenvalue weighted by molar-refractivity contribution is 5.77. The minimum absolute atomic E-state index is 0.00254. The third-order valence-corrected chi connectivity index (χ3v) is 12.2. The minimum atomic E-state index is -0.346. The molecule has 0 bridgehead atoms. The van der Waals surface area contributed by atoms with E-state index in [1.807, 2.05) is 42.5 Å². The first kappa shape index (κ1) is 23.2. The van der Waals surface area contributed by atoms with Crippen LogP contribution in [0.4, 0.5) is 0 Å². The Morgan fingerprint density at radius 1 is 0.895 bits per heavy atom. The van der Waals surface area contributed by atoms with Crippen LogP contribution < -0.4 is 25.3 Å². The van der Waals surface area contributed by atoms with Gasteiger partial charge in [0.1, 0.15) is 17.2 Å². The van der Waals surface area contributed by atoms with Gasteiger partial charge in [0.15, 0.2) is 6.61 Å². The molecule has 6 aliphatic rings. The normalized spacial score (nSPS) is 40.7. The average molecular weight is 515 g/mol. The lowest BCUT2D eigenvalue weighted by molar-refractivity contribution is -0.460. The molecule has 0 radical (unpaired) electrons. The second kappa shape index (κ2) is 8.14. The number of carbonyl (C=O) groups is 1. The van der Waals surface area contributed by atoms with Gasteiger partial charge < -0.3 is 25.3 Å². The number of rotatable bonds is 9. The zero-order valence-electron chi connectivity index (χ0n) is 22.3. The number of hydrogen-bond donors (Lipinski definition) is 2. The van der Waals surface area contributed by atoms with Gasteiger partial charge in [-0.2, -0.15) is 0 Å². The maximum Gasteiger partial charge on any atom is 0.257 e. The van der Waals surface area contributed by atoms with E-state index in [0.717, 1.165) is 76.7 Å². The van der Waals surface area contributed by atoms with Gasteiger partial charge in [-0.1, -0.05) is 12.1 Å². The molecule has 6 nitrogen and oxygen atoms in total. The summed E-state index contributed by atoms with van der Waals surface area (Å²) in [6, 6.07) is 13.0. The standard InChI is InChI=1S/C32H38N2O4/c1-36-18-7-8-23(24(13-18)37-2)31(33)16-3-5-17(6-4-16)38-14-25(35)34-15-32-28-21-11-9-19(21)26(28)30(32)27-20-10-12-22(20)29(27)32/h3-8,13,19-22,26-31H,9-12,14-15,33H2,1-2H3,(H,34,35). The van der Waals surface area contributed by atoms with Crippen molar-refractivity contribution < 1.29 is 19.0 Å². The lowest BCUT2D eigenvalue weighted by Gasteiger charge is -2.93.